The standard InChI is InChI=1S/C17H19N3O6S/c1-3-19-17(23)26-12-6-4-11(5-7-12)20-27(24,25)13-8-10(2)15(21)14(9-13)16(18)22/h4-9,20-21H,3H2,1-2H3,(H2,18,22)(H,19,23). The van der Waals surface area contributed by atoms with Gasteiger partial charge in [-0.2, -0.15) is 0 Å². The Labute approximate surface area is 156 Å². The number of ether oxygens (including phenoxy) is 1. The van der Waals surface area contributed by atoms with Gasteiger partial charge in [-0.25, -0.2) is 13.2 Å². The molecule has 144 valence electrons. The van der Waals surface area contributed by atoms with Crippen molar-refractivity contribution in [1.29, 1.82) is 0 Å². The smallest absolute Gasteiger partial charge is 0.412 e. The average Bonchev–Trinajstić information content (AvgIpc) is 2.58. The van der Waals surface area contributed by atoms with Crippen molar-refractivity contribution >= 4 is 27.7 Å². The molecule has 2 aromatic carbocycles. The fourth-order valence-corrected chi connectivity index (χ4v) is 3.35. The van der Waals surface area contributed by atoms with Crippen molar-refractivity contribution in [1.82, 2.24) is 5.32 Å². The van der Waals surface area contributed by atoms with E-state index in [4.69, 9.17) is 10.5 Å². The third kappa shape index (κ3) is 4.88. The number of hydrogen-bond donors (Lipinski definition) is 4. The summed E-state index contributed by atoms with van der Waals surface area (Å²) in [6.45, 7) is 3.61. The Morgan fingerprint density at radius 3 is 2.37 bits per heavy atom. The normalized spacial score (nSPS) is 10.9. The Morgan fingerprint density at radius 2 is 1.81 bits per heavy atom. The van der Waals surface area contributed by atoms with Crippen molar-refractivity contribution < 1.29 is 27.9 Å². The molecule has 10 heteroatoms. The summed E-state index contributed by atoms with van der Waals surface area (Å²) in [5, 5.41) is 12.3. The second-order valence-corrected chi connectivity index (χ2v) is 7.23. The van der Waals surface area contributed by atoms with Crippen LogP contribution in [0.5, 0.6) is 11.5 Å². The molecule has 2 aromatic rings. The van der Waals surface area contributed by atoms with Crippen LogP contribution in [0.3, 0.4) is 0 Å². The van der Waals surface area contributed by atoms with Gasteiger partial charge in [0.15, 0.2) is 0 Å². The maximum absolute atomic E-state index is 12.5. The fourth-order valence-electron chi connectivity index (χ4n) is 2.18. The summed E-state index contributed by atoms with van der Waals surface area (Å²) in [6.07, 6.45) is -0.621. The Balaban J connectivity index is 2.24. The van der Waals surface area contributed by atoms with Gasteiger partial charge in [-0.05, 0) is 55.8 Å². The van der Waals surface area contributed by atoms with E-state index in [1.54, 1.807) is 6.92 Å². The van der Waals surface area contributed by atoms with Crippen LogP contribution in [0.4, 0.5) is 10.5 Å². The molecule has 0 saturated heterocycles. The lowest BCUT2D eigenvalue weighted by molar-refractivity contribution is 0.0997. The van der Waals surface area contributed by atoms with E-state index < -0.39 is 22.0 Å². The zero-order chi connectivity index (χ0) is 20.2. The fraction of sp³-hybridized carbons (Fsp3) is 0.176. The number of rotatable bonds is 6. The lowest BCUT2D eigenvalue weighted by Crippen LogP contribution is -2.26. The number of aryl methyl sites for hydroxylation is 1. The second kappa shape index (κ2) is 7.96. The lowest BCUT2D eigenvalue weighted by atomic mass is 10.1. The minimum atomic E-state index is -4.04. The largest absolute Gasteiger partial charge is 0.507 e. The average molecular weight is 393 g/mol. The van der Waals surface area contributed by atoms with Crippen LogP contribution in [0.2, 0.25) is 0 Å². The van der Waals surface area contributed by atoms with Gasteiger partial charge in [-0.3, -0.25) is 9.52 Å². The van der Waals surface area contributed by atoms with E-state index in [2.05, 4.69) is 10.0 Å². The van der Waals surface area contributed by atoms with Crippen LogP contribution in [-0.4, -0.2) is 32.1 Å². The van der Waals surface area contributed by atoms with Crippen LogP contribution in [0.1, 0.15) is 22.8 Å². The first-order valence-electron chi connectivity index (χ1n) is 7.86. The van der Waals surface area contributed by atoms with Gasteiger partial charge in [0.25, 0.3) is 15.9 Å². The summed E-state index contributed by atoms with van der Waals surface area (Å²) in [7, 11) is -4.04. The van der Waals surface area contributed by atoms with Crippen molar-refractivity contribution in [3.63, 3.8) is 0 Å². The first-order chi connectivity index (χ1) is 12.6. The van der Waals surface area contributed by atoms with Crippen molar-refractivity contribution in [3.8, 4) is 11.5 Å². The Kier molecular flexibility index (Phi) is 5.91. The van der Waals surface area contributed by atoms with Gasteiger partial charge in [-0.1, -0.05) is 0 Å². The molecule has 2 rings (SSSR count). The van der Waals surface area contributed by atoms with Crippen molar-refractivity contribution in [2.75, 3.05) is 11.3 Å². The molecule has 0 heterocycles. The molecule has 0 aliphatic carbocycles. The number of phenols is 1. The van der Waals surface area contributed by atoms with E-state index in [9.17, 15) is 23.1 Å². The van der Waals surface area contributed by atoms with Crippen LogP contribution in [0.25, 0.3) is 0 Å². The van der Waals surface area contributed by atoms with E-state index in [-0.39, 0.29) is 33.2 Å². The number of nitrogens with one attached hydrogen (secondary N) is 2. The van der Waals surface area contributed by atoms with Crippen LogP contribution in [0, 0.1) is 6.92 Å². The minimum absolute atomic E-state index is 0.192. The molecule has 0 unspecified atom stereocenters. The number of carbonyl (C=O) groups excluding carboxylic acids is 2. The van der Waals surface area contributed by atoms with Gasteiger partial charge >= 0.3 is 6.09 Å². The van der Waals surface area contributed by atoms with Crippen LogP contribution in [-0.2, 0) is 10.0 Å². The number of benzene rings is 2. The van der Waals surface area contributed by atoms with Gasteiger partial charge in [0, 0.05) is 12.2 Å². The molecule has 9 nitrogen and oxygen atoms in total. The number of hydrogen-bond acceptors (Lipinski definition) is 6. The maximum Gasteiger partial charge on any atom is 0.412 e. The summed E-state index contributed by atoms with van der Waals surface area (Å²) in [6, 6.07) is 7.88. The predicted molar refractivity (Wildman–Crippen MR) is 98.3 cm³/mol. The Hall–Kier alpha value is -3.27. The van der Waals surface area contributed by atoms with Crippen LogP contribution < -0.4 is 20.5 Å². The lowest BCUT2D eigenvalue weighted by Gasteiger charge is -2.12. The molecule has 0 aliphatic rings. The summed E-state index contributed by atoms with van der Waals surface area (Å²) in [5.41, 5.74) is 5.28. The SMILES string of the molecule is CCNC(=O)Oc1ccc(NS(=O)(=O)c2cc(C)c(O)c(C(N)=O)c2)cc1. The molecule has 27 heavy (non-hydrogen) atoms. The highest BCUT2D eigenvalue weighted by Gasteiger charge is 2.20. The van der Waals surface area contributed by atoms with E-state index in [1.165, 1.54) is 37.3 Å². The number of nitrogens with two attached hydrogens (primary N) is 1. The van der Waals surface area contributed by atoms with E-state index in [0.29, 0.717) is 6.54 Å². The molecule has 0 bridgehead atoms. The molecule has 0 atom stereocenters. The number of amides is 2. The minimum Gasteiger partial charge on any atom is -0.507 e. The van der Waals surface area contributed by atoms with E-state index >= 15 is 0 Å². The third-order valence-electron chi connectivity index (χ3n) is 3.49. The third-order valence-corrected chi connectivity index (χ3v) is 4.85. The zero-order valence-corrected chi connectivity index (χ0v) is 15.5. The van der Waals surface area contributed by atoms with E-state index in [0.717, 1.165) is 6.07 Å². The highest BCUT2D eigenvalue weighted by atomic mass is 32.2. The van der Waals surface area contributed by atoms with Gasteiger partial charge in [0.1, 0.15) is 11.5 Å². The molecule has 0 radical (unpaired) electrons. The molecular formula is C17H19N3O6S. The molecule has 0 saturated carbocycles. The molecular weight excluding hydrogens is 374 g/mol. The highest BCUT2D eigenvalue weighted by Crippen LogP contribution is 2.27. The first-order valence-corrected chi connectivity index (χ1v) is 9.34. The number of aromatic hydroxyl groups is 1. The monoisotopic (exact) mass is 393 g/mol. The van der Waals surface area contributed by atoms with Gasteiger partial charge < -0.3 is 20.9 Å². The number of sulfonamides is 1. The Morgan fingerprint density at radius 1 is 1.19 bits per heavy atom. The van der Waals surface area contributed by atoms with Crippen molar-refractivity contribution in [3.05, 3.63) is 47.5 Å². The highest BCUT2D eigenvalue weighted by molar-refractivity contribution is 7.92. The van der Waals surface area contributed by atoms with Gasteiger partial charge in [-0.15, -0.1) is 0 Å². The maximum atomic E-state index is 12.5. The van der Waals surface area contributed by atoms with Crippen LogP contribution in [0.15, 0.2) is 41.3 Å². The second-order valence-electron chi connectivity index (χ2n) is 5.55. The van der Waals surface area contributed by atoms with Gasteiger partial charge in [0.05, 0.1) is 10.5 Å². The number of primary amides is 1. The summed E-state index contributed by atoms with van der Waals surface area (Å²) < 4.78 is 32.4. The molecule has 0 aliphatic heterocycles. The molecule has 5 N–H and O–H groups in total. The Bertz CT molecular complexity index is 971. The summed E-state index contributed by atoms with van der Waals surface area (Å²) >= 11 is 0. The number of carbonyl (C=O) groups is 2. The number of anilines is 1. The van der Waals surface area contributed by atoms with E-state index in [1.807, 2.05) is 0 Å². The molecule has 0 spiro atoms. The molecule has 2 amide bonds. The predicted octanol–water partition coefficient (Wildman–Crippen LogP) is 1.71. The molecule has 0 aromatic heterocycles. The quantitative estimate of drug-likeness (QED) is 0.587. The first kappa shape index (κ1) is 20.0. The van der Waals surface area contributed by atoms with Gasteiger partial charge in [0.2, 0.25) is 0 Å². The topological polar surface area (TPSA) is 148 Å². The summed E-state index contributed by atoms with van der Waals surface area (Å²) in [4.78, 5) is 22.5. The van der Waals surface area contributed by atoms with Crippen molar-refractivity contribution in [2.45, 2.75) is 18.7 Å². The van der Waals surface area contributed by atoms with Crippen LogP contribution >= 0.6 is 0 Å². The van der Waals surface area contributed by atoms with Crippen molar-refractivity contribution in [2.24, 2.45) is 5.73 Å². The molecule has 0 fully saturated rings. The zero-order valence-electron chi connectivity index (χ0n) is 14.6. The summed E-state index contributed by atoms with van der Waals surface area (Å²) in [5.74, 6) is -1.08.